The molecule has 0 spiro atoms. The molecule has 4 aromatic rings. The molecule has 13 heteroatoms. The van der Waals surface area contributed by atoms with Gasteiger partial charge in [0.2, 0.25) is 10.0 Å². The van der Waals surface area contributed by atoms with Crippen molar-refractivity contribution in [1.29, 1.82) is 5.26 Å². The summed E-state index contributed by atoms with van der Waals surface area (Å²) in [5.74, 6) is -0.147. The summed E-state index contributed by atoms with van der Waals surface area (Å²) >= 11 is 0. The van der Waals surface area contributed by atoms with Crippen LogP contribution in [0.4, 0.5) is 17.6 Å². The number of aromatic nitrogens is 4. The largest absolute Gasteiger partial charge is 0.404 e. The lowest BCUT2D eigenvalue weighted by Gasteiger charge is -2.17. The fourth-order valence-corrected chi connectivity index (χ4v) is 4.85. The molecule has 0 saturated carbocycles. The van der Waals surface area contributed by atoms with E-state index in [1.807, 2.05) is 0 Å². The molecule has 0 bridgehead atoms. The van der Waals surface area contributed by atoms with E-state index in [1.165, 1.54) is 24.7 Å². The minimum Gasteiger partial charge on any atom is -0.291 e. The Morgan fingerprint density at radius 1 is 1.19 bits per heavy atom. The van der Waals surface area contributed by atoms with Gasteiger partial charge in [0, 0.05) is 17.8 Å². The Labute approximate surface area is 203 Å². The number of rotatable bonds is 6. The van der Waals surface area contributed by atoms with Crippen LogP contribution in [0.3, 0.4) is 0 Å². The molecule has 36 heavy (non-hydrogen) atoms. The van der Waals surface area contributed by atoms with Crippen molar-refractivity contribution in [3.8, 4) is 23.3 Å². The molecule has 0 unspecified atom stereocenters. The summed E-state index contributed by atoms with van der Waals surface area (Å²) in [4.78, 5) is 11.8. The normalized spacial score (nSPS) is 13.0. The molecule has 3 heterocycles. The van der Waals surface area contributed by atoms with Gasteiger partial charge in [0.1, 0.15) is 35.0 Å². The smallest absolute Gasteiger partial charge is 0.291 e. The second kappa shape index (κ2) is 9.29. The topological polar surface area (TPSA) is 114 Å². The zero-order valence-corrected chi connectivity index (χ0v) is 19.7. The Kier molecular flexibility index (Phi) is 6.50. The van der Waals surface area contributed by atoms with Crippen LogP contribution in [0, 0.1) is 17.1 Å². The fourth-order valence-electron chi connectivity index (χ4n) is 3.68. The van der Waals surface area contributed by atoms with Gasteiger partial charge in [-0.2, -0.15) is 23.2 Å². The highest BCUT2D eigenvalue weighted by molar-refractivity contribution is 7.89. The lowest BCUT2D eigenvalue weighted by atomic mass is 10.1. The van der Waals surface area contributed by atoms with Gasteiger partial charge in [-0.25, -0.2) is 22.8 Å². The molecular formula is C23H18F4N6O2S. The van der Waals surface area contributed by atoms with Gasteiger partial charge in [-0.05, 0) is 49.2 Å². The van der Waals surface area contributed by atoms with Crippen LogP contribution < -0.4 is 4.72 Å². The number of sulfonamides is 1. The van der Waals surface area contributed by atoms with E-state index in [2.05, 4.69) is 21.0 Å². The molecule has 8 nitrogen and oxygen atoms in total. The molecule has 3 aromatic heterocycles. The van der Waals surface area contributed by atoms with Gasteiger partial charge in [-0.15, -0.1) is 0 Å². The summed E-state index contributed by atoms with van der Waals surface area (Å²) in [5.41, 5.74) is 1.28. The Hall–Kier alpha value is -3.89. The third-order valence-electron chi connectivity index (χ3n) is 5.54. The van der Waals surface area contributed by atoms with E-state index >= 15 is 0 Å². The summed E-state index contributed by atoms with van der Waals surface area (Å²) in [6.45, 7) is 2.46. The Balaban J connectivity index is 1.91. The molecule has 1 N–H and O–H groups in total. The van der Waals surface area contributed by atoms with Gasteiger partial charge in [0.25, 0.3) is 0 Å². The third kappa shape index (κ3) is 4.52. The molecule has 4 rings (SSSR count). The quantitative estimate of drug-likeness (QED) is 0.381. The van der Waals surface area contributed by atoms with Crippen molar-refractivity contribution in [3.63, 3.8) is 0 Å². The van der Waals surface area contributed by atoms with Crippen LogP contribution in [-0.4, -0.2) is 40.2 Å². The van der Waals surface area contributed by atoms with Crippen LogP contribution in [0.1, 0.15) is 25.0 Å². The standard InChI is InChI=1S/C23H18F4N6O2S/c1-3-14-8-20-16(9-18(14)24)17(10-28)22(33(20)21-6-7-29-12-31-21)19-5-4-15(11-30-19)36(34,35)32-13(2)23(25,26)27/h4-9,11-13,32H,3H2,1-2H3/t13-/m0/s1. The van der Waals surface area contributed by atoms with Crippen LogP contribution in [0.2, 0.25) is 0 Å². The predicted octanol–water partition coefficient (Wildman–Crippen LogP) is 4.28. The van der Waals surface area contributed by atoms with Gasteiger partial charge < -0.3 is 0 Å². The number of pyridine rings is 1. The fraction of sp³-hybridized carbons (Fsp3) is 0.217. The first-order valence-electron chi connectivity index (χ1n) is 10.6. The number of halogens is 4. The average Bonchev–Trinajstić information content (AvgIpc) is 3.16. The van der Waals surface area contributed by atoms with Gasteiger partial charge in [0.05, 0.1) is 22.5 Å². The molecular weight excluding hydrogens is 500 g/mol. The molecule has 0 aliphatic carbocycles. The van der Waals surface area contributed by atoms with Gasteiger partial charge >= 0.3 is 6.18 Å². The molecule has 0 fully saturated rings. The number of nitrogens with one attached hydrogen (secondary N) is 1. The van der Waals surface area contributed by atoms with Crippen LogP contribution >= 0.6 is 0 Å². The van der Waals surface area contributed by atoms with E-state index in [4.69, 9.17) is 0 Å². The summed E-state index contributed by atoms with van der Waals surface area (Å²) in [6, 6.07) is 6.49. The van der Waals surface area contributed by atoms with Gasteiger partial charge in [0.15, 0.2) is 0 Å². The second-order valence-corrected chi connectivity index (χ2v) is 9.53. The monoisotopic (exact) mass is 518 g/mol. The number of hydrogen-bond acceptors (Lipinski definition) is 6. The SMILES string of the molecule is CCc1cc2c(cc1F)c(C#N)c(-c1ccc(S(=O)(=O)N[C@@H](C)C(F)(F)F)cn1)n2-c1ccncn1. The maximum atomic E-state index is 14.6. The number of alkyl halides is 3. The summed E-state index contributed by atoms with van der Waals surface area (Å²) in [7, 11) is -4.53. The predicted molar refractivity (Wildman–Crippen MR) is 122 cm³/mol. The Morgan fingerprint density at radius 2 is 1.94 bits per heavy atom. The van der Waals surface area contributed by atoms with Gasteiger partial charge in [-0.3, -0.25) is 9.55 Å². The van der Waals surface area contributed by atoms with Crippen LogP contribution in [0.25, 0.3) is 28.1 Å². The van der Waals surface area contributed by atoms with Crippen molar-refractivity contribution in [2.45, 2.75) is 37.4 Å². The number of benzene rings is 1. The number of nitriles is 1. The molecule has 1 aromatic carbocycles. The molecule has 0 saturated heterocycles. The van der Waals surface area contributed by atoms with Crippen molar-refractivity contribution >= 4 is 20.9 Å². The minimum absolute atomic E-state index is 0.0668. The first kappa shape index (κ1) is 25.2. The maximum absolute atomic E-state index is 14.6. The first-order valence-corrected chi connectivity index (χ1v) is 12.0. The number of fused-ring (bicyclic) bond motifs is 1. The van der Waals surface area contributed by atoms with E-state index in [0.717, 1.165) is 12.3 Å². The van der Waals surface area contributed by atoms with Crippen molar-refractivity contribution in [2.75, 3.05) is 0 Å². The number of aryl methyl sites for hydroxylation is 1. The molecule has 0 aliphatic heterocycles. The van der Waals surface area contributed by atoms with Gasteiger partial charge in [-0.1, -0.05) is 6.92 Å². The number of hydrogen-bond donors (Lipinski definition) is 1. The van der Waals surface area contributed by atoms with Crippen molar-refractivity contribution in [3.05, 3.63) is 66.0 Å². The summed E-state index contributed by atoms with van der Waals surface area (Å²) in [5, 5.41) is 10.2. The van der Waals surface area contributed by atoms with E-state index in [1.54, 1.807) is 28.3 Å². The molecule has 0 amide bonds. The van der Waals surface area contributed by atoms with Crippen molar-refractivity contribution in [2.24, 2.45) is 0 Å². The molecule has 186 valence electrons. The minimum atomic E-state index is -4.77. The third-order valence-corrected chi connectivity index (χ3v) is 7.06. The highest BCUT2D eigenvalue weighted by Gasteiger charge is 2.39. The van der Waals surface area contributed by atoms with E-state index < -0.39 is 33.0 Å². The molecule has 0 aliphatic rings. The van der Waals surface area contributed by atoms with E-state index in [-0.39, 0.29) is 17.0 Å². The number of nitrogens with zero attached hydrogens (tertiary/aromatic N) is 5. The maximum Gasteiger partial charge on any atom is 0.404 e. The van der Waals surface area contributed by atoms with Crippen molar-refractivity contribution < 1.29 is 26.0 Å². The highest BCUT2D eigenvalue weighted by Crippen LogP contribution is 2.36. The zero-order valence-electron chi connectivity index (χ0n) is 18.9. The average molecular weight is 518 g/mol. The summed E-state index contributed by atoms with van der Waals surface area (Å²) in [6.07, 6.45) is -0.722. The van der Waals surface area contributed by atoms with E-state index in [0.29, 0.717) is 35.6 Å². The second-order valence-electron chi connectivity index (χ2n) is 7.82. The van der Waals surface area contributed by atoms with E-state index in [9.17, 15) is 31.2 Å². The van der Waals surface area contributed by atoms with Crippen LogP contribution in [0.15, 0.2) is 53.9 Å². The molecule has 1 atom stereocenters. The Bertz CT molecular complexity index is 1580. The lowest BCUT2D eigenvalue weighted by Crippen LogP contribution is -2.42. The van der Waals surface area contributed by atoms with Crippen molar-refractivity contribution in [1.82, 2.24) is 24.2 Å². The van der Waals surface area contributed by atoms with Crippen LogP contribution in [0.5, 0.6) is 0 Å². The highest BCUT2D eigenvalue weighted by atomic mass is 32.2. The molecule has 0 radical (unpaired) electrons. The summed E-state index contributed by atoms with van der Waals surface area (Å²) < 4.78 is 81.2. The zero-order chi connectivity index (χ0) is 26.3. The Morgan fingerprint density at radius 3 is 2.50 bits per heavy atom. The van der Waals surface area contributed by atoms with Crippen LogP contribution in [-0.2, 0) is 16.4 Å². The first-order chi connectivity index (χ1) is 17.0. The lowest BCUT2D eigenvalue weighted by molar-refractivity contribution is -0.147.